The molecule has 0 aromatic carbocycles. The molecule has 5 nitrogen and oxygen atoms in total. The molecule has 1 rings (SSSR count). The fourth-order valence-corrected chi connectivity index (χ4v) is 2.00. The molecule has 0 saturated carbocycles. The number of hydrogen-bond acceptors (Lipinski definition) is 4. The monoisotopic (exact) mass is 271 g/mol. The summed E-state index contributed by atoms with van der Waals surface area (Å²) in [6, 6.07) is 2.92. The standard InChI is InChI=1S/C12H17NO4S/c1-7(10(14)13-12(2,3)4)18-9-6-5-8(17-9)11(15)16/h5-7H,1-4H3,(H,13,14)(H,15,16). The lowest BCUT2D eigenvalue weighted by Gasteiger charge is -2.22. The van der Waals surface area contributed by atoms with Gasteiger partial charge in [0.15, 0.2) is 5.09 Å². The number of carboxylic acid groups (broad SMARTS) is 1. The van der Waals surface area contributed by atoms with Crippen molar-refractivity contribution in [2.75, 3.05) is 0 Å². The number of furan rings is 1. The smallest absolute Gasteiger partial charge is 0.371 e. The maximum atomic E-state index is 11.8. The Bertz CT molecular complexity index is 447. The van der Waals surface area contributed by atoms with Crippen molar-refractivity contribution >= 4 is 23.6 Å². The second-order valence-corrected chi connectivity index (χ2v) is 6.27. The predicted octanol–water partition coefficient (Wildman–Crippen LogP) is 2.37. The quantitative estimate of drug-likeness (QED) is 0.822. The van der Waals surface area contributed by atoms with E-state index in [-0.39, 0.29) is 22.5 Å². The first-order chi connectivity index (χ1) is 8.19. The van der Waals surface area contributed by atoms with E-state index in [2.05, 4.69) is 5.32 Å². The fourth-order valence-electron chi connectivity index (χ4n) is 1.20. The van der Waals surface area contributed by atoms with E-state index in [1.54, 1.807) is 13.0 Å². The third-order valence-electron chi connectivity index (χ3n) is 1.95. The number of rotatable bonds is 4. The number of carbonyl (C=O) groups excluding carboxylic acids is 1. The Hall–Kier alpha value is -1.43. The van der Waals surface area contributed by atoms with E-state index in [1.807, 2.05) is 20.8 Å². The van der Waals surface area contributed by atoms with Crippen LogP contribution in [0.25, 0.3) is 0 Å². The van der Waals surface area contributed by atoms with Crippen molar-refractivity contribution in [2.45, 2.75) is 43.6 Å². The van der Waals surface area contributed by atoms with Gasteiger partial charge in [-0.3, -0.25) is 4.79 Å². The van der Waals surface area contributed by atoms with Crippen LogP contribution < -0.4 is 5.32 Å². The molecule has 1 heterocycles. The Morgan fingerprint density at radius 3 is 2.44 bits per heavy atom. The van der Waals surface area contributed by atoms with E-state index < -0.39 is 5.97 Å². The van der Waals surface area contributed by atoms with Gasteiger partial charge in [-0.15, -0.1) is 0 Å². The van der Waals surface area contributed by atoms with Crippen LogP contribution in [0.5, 0.6) is 0 Å². The summed E-state index contributed by atoms with van der Waals surface area (Å²) in [6.07, 6.45) is 0. The van der Waals surface area contributed by atoms with Gasteiger partial charge >= 0.3 is 5.97 Å². The average Bonchev–Trinajstić information content (AvgIpc) is 2.63. The molecule has 1 aromatic heterocycles. The number of hydrogen-bond donors (Lipinski definition) is 2. The van der Waals surface area contributed by atoms with Gasteiger partial charge in [0.2, 0.25) is 11.7 Å². The first-order valence-corrected chi connectivity index (χ1v) is 6.39. The van der Waals surface area contributed by atoms with Crippen LogP contribution >= 0.6 is 11.8 Å². The average molecular weight is 271 g/mol. The summed E-state index contributed by atoms with van der Waals surface area (Å²) in [6.45, 7) is 7.45. The summed E-state index contributed by atoms with van der Waals surface area (Å²) < 4.78 is 5.08. The van der Waals surface area contributed by atoms with E-state index in [0.717, 1.165) is 0 Å². The molecule has 2 N–H and O–H groups in total. The molecule has 18 heavy (non-hydrogen) atoms. The molecule has 0 radical (unpaired) electrons. The third-order valence-corrected chi connectivity index (χ3v) is 2.97. The molecule has 0 aliphatic rings. The molecule has 0 aliphatic carbocycles. The van der Waals surface area contributed by atoms with E-state index in [1.165, 1.54) is 17.8 Å². The summed E-state index contributed by atoms with van der Waals surface area (Å²) in [4.78, 5) is 22.5. The van der Waals surface area contributed by atoms with Crippen LogP contribution in [0.2, 0.25) is 0 Å². The molecule has 1 atom stereocenters. The Morgan fingerprint density at radius 2 is 2.00 bits per heavy atom. The van der Waals surface area contributed by atoms with Gasteiger partial charge in [0.1, 0.15) is 0 Å². The van der Waals surface area contributed by atoms with Crippen LogP contribution in [-0.4, -0.2) is 27.8 Å². The number of nitrogens with one attached hydrogen (secondary N) is 1. The van der Waals surface area contributed by atoms with Crippen molar-refractivity contribution in [1.29, 1.82) is 0 Å². The highest BCUT2D eigenvalue weighted by molar-refractivity contribution is 8.00. The molecule has 100 valence electrons. The minimum absolute atomic E-state index is 0.110. The maximum Gasteiger partial charge on any atom is 0.371 e. The number of amides is 1. The Morgan fingerprint density at radius 1 is 1.39 bits per heavy atom. The Labute approximate surface area is 110 Å². The molecular formula is C12H17NO4S. The first kappa shape index (κ1) is 14.6. The molecule has 1 unspecified atom stereocenters. The number of aromatic carboxylic acids is 1. The summed E-state index contributed by atoms with van der Waals surface area (Å²) in [7, 11) is 0. The lowest BCUT2D eigenvalue weighted by atomic mass is 10.1. The SMILES string of the molecule is CC(Sc1ccc(C(=O)O)o1)C(=O)NC(C)(C)C. The largest absolute Gasteiger partial charge is 0.475 e. The van der Waals surface area contributed by atoms with Crippen LogP contribution in [0.3, 0.4) is 0 Å². The minimum atomic E-state index is -1.12. The van der Waals surface area contributed by atoms with Crippen LogP contribution in [0.4, 0.5) is 0 Å². The zero-order valence-corrected chi connectivity index (χ0v) is 11.6. The molecule has 0 saturated heterocycles. The first-order valence-electron chi connectivity index (χ1n) is 5.51. The van der Waals surface area contributed by atoms with Gasteiger partial charge in [0.05, 0.1) is 5.25 Å². The van der Waals surface area contributed by atoms with E-state index in [4.69, 9.17) is 9.52 Å². The molecule has 0 fully saturated rings. The fraction of sp³-hybridized carbons (Fsp3) is 0.500. The van der Waals surface area contributed by atoms with Crippen molar-refractivity contribution in [2.24, 2.45) is 0 Å². The van der Waals surface area contributed by atoms with Gasteiger partial charge in [-0.1, -0.05) is 11.8 Å². The van der Waals surface area contributed by atoms with Crippen LogP contribution in [0.15, 0.2) is 21.6 Å². The normalized spacial score (nSPS) is 13.1. The Balaban J connectivity index is 2.61. The van der Waals surface area contributed by atoms with Crippen LogP contribution in [0, 0.1) is 0 Å². The van der Waals surface area contributed by atoms with Crippen molar-refractivity contribution in [3.05, 3.63) is 17.9 Å². The summed E-state index contributed by atoms with van der Waals surface area (Å²) >= 11 is 1.19. The molecule has 0 aliphatic heterocycles. The zero-order chi connectivity index (χ0) is 13.9. The molecule has 0 bridgehead atoms. The van der Waals surface area contributed by atoms with E-state index in [0.29, 0.717) is 5.09 Å². The lowest BCUT2D eigenvalue weighted by Crippen LogP contribution is -2.44. The topological polar surface area (TPSA) is 79.5 Å². The summed E-state index contributed by atoms with van der Waals surface area (Å²) in [5.41, 5.74) is -0.290. The van der Waals surface area contributed by atoms with Gasteiger partial charge in [-0.2, -0.15) is 0 Å². The predicted molar refractivity (Wildman–Crippen MR) is 68.9 cm³/mol. The molecular weight excluding hydrogens is 254 g/mol. The van der Waals surface area contributed by atoms with Crippen molar-refractivity contribution < 1.29 is 19.1 Å². The van der Waals surface area contributed by atoms with Gasteiger partial charge in [0, 0.05) is 5.54 Å². The lowest BCUT2D eigenvalue weighted by molar-refractivity contribution is -0.121. The number of carbonyl (C=O) groups is 2. The van der Waals surface area contributed by atoms with Crippen LogP contribution in [0.1, 0.15) is 38.2 Å². The summed E-state index contributed by atoms with van der Waals surface area (Å²) in [5.74, 6) is -1.35. The summed E-state index contributed by atoms with van der Waals surface area (Å²) in [5, 5.41) is 11.6. The highest BCUT2D eigenvalue weighted by Gasteiger charge is 2.21. The molecule has 6 heteroatoms. The Kier molecular flexibility index (Phi) is 4.45. The van der Waals surface area contributed by atoms with Crippen molar-refractivity contribution in [3.8, 4) is 0 Å². The van der Waals surface area contributed by atoms with E-state index >= 15 is 0 Å². The van der Waals surface area contributed by atoms with Crippen molar-refractivity contribution in [3.63, 3.8) is 0 Å². The highest BCUT2D eigenvalue weighted by atomic mass is 32.2. The van der Waals surface area contributed by atoms with E-state index in [9.17, 15) is 9.59 Å². The maximum absolute atomic E-state index is 11.8. The second-order valence-electron chi connectivity index (χ2n) is 4.92. The van der Waals surface area contributed by atoms with Gasteiger partial charge in [-0.05, 0) is 39.8 Å². The number of thioether (sulfide) groups is 1. The second kappa shape index (κ2) is 5.48. The van der Waals surface area contributed by atoms with Gasteiger partial charge < -0.3 is 14.8 Å². The highest BCUT2D eigenvalue weighted by Crippen LogP contribution is 2.25. The van der Waals surface area contributed by atoms with Gasteiger partial charge in [0.25, 0.3) is 0 Å². The molecule has 1 aromatic rings. The third kappa shape index (κ3) is 4.44. The minimum Gasteiger partial charge on any atom is -0.475 e. The van der Waals surface area contributed by atoms with Crippen molar-refractivity contribution in [1.82, 2.24) is 5.32 Å². The number of carboxylic acids is 1. The molecule has 1 amide bonds. The van der Waals surface area contributed by atoms with Crippen LogP contribution in [-0.2, 0) is 4.79 Å². The van der Waals surface area contributed by atoms with Gasteiger partial charge in [-0.25, -0.2) is 4.79 Å². The molecule has 0 spiro atoms. The zero-order valence-electron chi connectivity index (χ0n) is 10.8.